The predicted octanol–water partition coefficient (Wildman–Crippen LogP) is 3.81. The molecule has 2 aromatic carbocycles. The van der Waals surface area contributed by atoms with Crippen LogP contribution in [0.1, 0.15) is 52.1 Å². The average Bonchev–Trinajstić information content (AvgIpc) is 2.85. The minimum atomic E-state index is -1.41. The molecule has 0 spiro atoms. The third-order valence-corrected chi connectivity index (χ3v) is 4.97. The molecule has 0 heterocycles. The Hall–Kier alpha value is -2.75. The molecule has 0 radical (unpaired) electrons. The van der Waals surface area contributed by atoms with Crippen LogP contribution in [0.5, 0.6) is 0 Å². The zero-order valence-electron chi connectivity index (χ0n) is 15.1. The molecule has 1 aliphatic rings. The maximum Gasteiger partial charge on any atom is 0.307 e. The summed E-state index contributed by atoms with van der Waals surface area (Å²) in [4.78, 5) is 38.5. The highest BCUT2D eigenvalue weighted by molar-refractivity contribution is 6.30. The van der Waals surface area contributed by atoms with Gasteiger partial charge in [-0.15, -0.1) is 0 Å². The van der Waals surface area contributed by atoms with Crippen molar-refractivity contribution in [2.24, 2.45) is 5.41 Å². The van der Waals surface area contributed by atoms with Gasteiger partial charge in [-0.3, -0.25) is 14.4 Å². The van der Waals surface area contributed by atoms with Gasteiger partial charge in [0, 0.05) is 11.1 Å². The molecule has 4 nitrogen and oxygen atoms in total. The number of Topliss-reactive ketones (excluding diaryl/α,β-unsaturated/α-hetero) is 2. The first-order valence-electron chi connectivity index (χ1n) is 8.94. The van der Waals surface area contributed by atoms with E-state index in [2.05, 4.69) is 6.92 Å². The van der Waals surface area contributed by atoms with Crippen molar-refractivity contribution < 1.29 is 19.1 Å². The Bertz CT molecular complexity index is 814. The van der Waals surface area contributed by atoms with Gasteiger partial charge in [0.1, 0.15) is 5.41 Å². The first-order valence-corrected chi connectivity index (χ1v) is 8.94. The van der Waals surface area contributed by atoms with E-state index in [0.29, 0.717) is 11.1 Å². The maximum atomic E-state index is 13.2. The van der Waals surface area contributed by atoms with Gasteiger partial charge in [-0.2, -0.15) is 0 Å². The van der Waals surface area contributed by atoms with Crippen molar-refractivity contribution in [3.8, 4) is 0 Å². The molecule has 3 rings (SSSR count). The summed E-state index contributed by atoms with van der Waals surface area (Å²) in [6.07, 6.45) is 0.877. The molecule has 0 unspecified atom stereocenters. The molecule has 0 fully saturated rings. The molecule has 0 N–H and O–H groups in total. The number of aryl methyl sites for hydroxylation is 1. The van der Waals surface area contributed by atoms with Crippen molar-refractivity contribution in [2.45, 2.75) is 33.1 Å². The van der Waals surface area contributed by atoms with E-state index in [4.69, 9.17) is 4.74 Å². The first-order chi connectivity index (χ1) is 12.5. The summed E-state index contributed by atoms with van der Waals surface area (Å²) < 4.78 is 5.06. The van der Waals surface area contributed by atoms with Crippen molar-refractivity contribution >= 4 is 17.5 Å². The fourth-order valence-corrected chi connectivity index (χ4v) is 3.58. The van der Waals surface area contributed by atoms with E-state index in [0.717, 1.165) is 12.0 Å². The molecule has 0 aliphatic heterocycles. The summed E-state index contributed by atoms with van der Waals surface area (Å²) in [5, 5.41) is 0. The van der Waals surface area contributed by atoms with Crippen LogP contribution in [0.2, 0.25) is 0 Å². The van der Waals surface area contributed by atoms with Crippen LogP contribution in [0.3, 0.4) is 0 Å². The minimum Gasteiger partial charge on any atom is -0.466 e. The van der Waals surface area contributed by atoms with Gasteiger partial charge in [0.25, 0.3) is 0 Å². The number of carbonyl (C=O) groups excluding carboxylic acids is 3. The van der Waals surface area contributed by atoms with Crippen molar-refractivity contribution in [3.05, 3.63) is 70.8 Å². The van der Waals surface area contributed by atoms with Crippen LogP contribution in [-0.2, 0) is 22.4 Å². The number of hydrogen-bond donors (Lipinski definition) is 0. The Kier molecular flexibility index (Phi) is 5.03. The highest BCUT2D eigenvalue weighted by atomic mass is 16.5. The summed E-state index contributed by atoms with van der Waals surface area (Å²) >= 11 is 0. The Labute approximate surface area is 153 Å². The molecule has 0 amide bonds. The quantitative estimate of drug-likeness (QED) is 0.587. The minimum absolute atomic E-state index is 0.197. The number of carbonyl (C=O) groups is 3. The van der Waals surface area contributed by atoms with Crippen LogP contribution in [0.15, 0.2) is 48.5 Å². The lowest BCUT2D eigenvalue weighted by atomic mass is 9.74. The molecule has 2 aromatic rings. The summed E-state index contributed by atoms with van der Waals surface area (Å²) in [5.41, 5.74) is 1.42. The van der Waals surface area contributed by atoms with Crippen LogP contribution in [0.4, 0.5) is 0 Å². The third kappa shape index (κ3) is 3.07. The Morgan fingerprint density at radius 3 is 1.92 bits per heavy atom. The lowest BCUT2D eigenvalue weighted by Gasteiger charge is -2.25. The molecule has 0 bridgehead atoms. The fraction of sp³-hybridized carbons (Fsp3) is 0.318. The van der Waals surface area contributed by atoms with E-state index in [1.54, 1.807) is 31.2 Å². The highest BCUT2D eigenvalue weighted by Crippen LogP contribution is 2.42. The van der Waals surface area contributed by atoms with Crippen LogP contribution >= 0.6 is 0 Å². The molecule has 4 heteroatoms. The van der Waals surface area contributed by atoms with Gasteiger partial charge in [-0.05, 0) is 30.9 Å². The first kappa shape index (κ1) is 18.1. The Balaban J connectivity index is 2.02. The van der Waals surface area contributed by atoms with Gasteiger partial charge in [-0.1, -0.05) is 55.5 Å². The number of rotatable bonds is 6. The van der Waals surface area contributed by atoms with E-state index in [-0.39, 0.29) is 31.0 Å². The molecule has 1 aliphatic carbocycles. The standard InChI is InChI=1S/C22H22O4/c1-3-15-9-11-16(12-10-15)13-22(14-19(23)26-4-2)20(24)17-7-5-6-8-18(17)21(22)25/h5-12H,3-4,13-14H2,1-2H3. The smallest absolute Gasteiger partial charge is 0.307 e. The van der Waals surface area contributed by atoms with Gasteiger partial charge in [0.15, 0.2) is 11.6 Å². The topological polar surface area (TPSA) is 60.4 Å². The predicted molar refractivity (Wildman–Crippen MR) is 98.3 cm³/mol. The molecular weight excluding hydrogens is 328 g/mol. The van der Waals surface area contributed by atoms with Crippen LogP contribution in [0.25, 0.3) is 0 Å². The number of benzene rings is 2. The second-order valence-corrected chi connectivity index (χ2v) is 6.61. The van der Waals surface area contributed by atoms with E-state index >= 15 is 0 Å². The van der Waals surface area contributed by atoms with Gasteiger partial charge in [0.05, 0.1) is 13.0 Å². The van der Waals surface area contributed by atoms with Crippen molar-refractivity contribution in [1.29, 1.82) is 0 Å². The molecular formula is C22H22O4. The molecule has 0 saturated heterocycles. The van der Waals surface area contributed by atoms with E-state index in [9.17, 15) is 14.4 Å². The third-order valence-electron chi connectivity index (χ3n) is 4.97. The van der Waals surface area contributed by atoms with Crippen molar-refractivity contribution in [3.63, 3.8) is 0 Å². The monoisotopic (exact) mass is 350 g/mol. The van der Waals surface area contributed by atoms with Crippen LogP contribution < -0.4 is 0 Å². The molecule has 0 atom stereocenters. The van der Waals surface area contributed by atoms with Gasteiger partial charge < -0.3 is 4.74 Å². The highest BCUT2D eigenvalue weighted by Gasteiger charge is 2.54. The molecule has 134 valence electrons. The van der Waals surface area contributed by atoms with Gasteiger partial charge in [-0.25, -0.2) is 0 Å². The second-order valence-electron chi connectivity index (χ2n) is 6.61. The summed E-state index contributed by atoms with van der Waals surface area (Å²) in [6.45, 7) is 3.99. The fourth-order valence-electron chi connectivity index (χ4n) is 3.58. The molecule has 0 aromatic heterocycles. The van der Waals surface area contributed by atoms with Crippen molar-refractivity contribution in [2.75, 3.05) is 6.61 Å². The largest absolute Gasteiger partial charge is 0.466 e. The molecule has 26 heavy (non-hydrogen) atoms. The summed E-state index contributed by atoms with van der Waals surface area (Å²) in [7, 11) is 0. The number of ketones is 2. The number of esters is 1. The Morgan fingerprint density at radius 1 is 0.885 bits per heavy atom. The lowest BCUT2D eigenvalue weighted by molar-refractivity contribution is -0.144. The van der Waals surface area contributed by atoms with E-state index in [1.165, 1.54) is 5.56 Å². The van der Waals surface area contributed by atoms with E-state index < -0.39 is 11.4 Å². The SMILES string of the molecule is CCOC(=O)CC1(Cc2ccc(CC)cc2)C(=O)c2ccccc2C1=O. The van der Waals surface area contributed by atoms with Crippen molar-refractivity contribution in [1.82, 2.24) is 0 Å². The lowest BCUT2D eigenvalue weighted by Crippen LogP contribution is -2.38. The summed E-state index contributed by atoms with van der Waals surface area (Å²) in [5.74, 6) is -1.09. The summed E-state index contributed by atoms with van der Waals surface area (Å²) in [6, 6.07) is 14.6. The number of fused-ring (bicyclic) bond motifs is 1. The normalized spacial score (nSPS) is 15.0. The zero-order valence-corrected chi connectivity index (χ0v) is 15.1. The Morgan fingerprint density at radius 2 is 1.42 bits per heavy atom. The van der Waals surface area contributed by atoms with Gasteiger partial charge in [0.2, 0.25) is 0 Å². The number of hydrogen-bond acceptors (Lipinski definition) is 4. The van der Waals surface area contributed by atoms with Crippen LogP contribution in [-0.4, -0.2) is 24.1 Å². The van der Waals surface area contributed by atoms with Gasteiger partial charge >= 0.3 is 5.97 Å². The average molecular weight is 350 g/mol. The molecule has 0 saturated carbocycles. The second kappa shape index (κ2) is 7.24. The van der Waals surface area contributed by atoms with Crippen LogP contribution in [0, 0.1) is 5.41 Å². The maximum absolute atomic E-state index is 13.2. The van der Waals surface area contributed by atoms with E-state index in [1.807, 2.05) is 24.3 Å². The number of ether oxygens (including phenoxy) is 1. The zero-order chi connectivity index (χ0) is 18.7.